The van der Waals surface area contributed by atoms with Crippen LogP contribution in [0.15, 0.2) is 12.1 Å². The molecular formula is C15H25NS2. The summed E-state index contributed by atoms with van der Waals surface area (Å²) in [5, 5.41) is 4.47. The smallest absolute Gasteiger partial charge is 0.0300 e. The fraction of sp³-hybridized carbons (Fsp3) is 0.733. The third-order valence-corrected chi connectivity index (χ3v) is 6.26. The summed E-state index contributed by atoms with van der Waals surface area (Å²) in [5.41, 5.74) is 0.294. The van der Waals surface area contributed by atoms with Crippen LogP contribution >= 0.6 is 23.1 Å². The van der Waals surface area contributed by atoms with Gasteiger partial charge in [0.15, 0.2) is 0 Å². The second-order valence-electron chi connectivity index (χ2n) is 6.14. The molecule has 0 amide bonds. The first-order valence-electron chi connectivity index (χ1n) is 6.97. The topological polar surface area (TPSA) is 12.0 Å². The van der Waals surface area contributed by atoms with Crippen LogP contribution in [0.1, 0.15) is 49.8 Å². The molecule has 0 radical (unpaired) electrons. The average molecular weight is 284 g/mol. The van der Waals surface area contributed by atoms with Gasteiger partial charge >= 0.3 is 0 Å². The molecule has 18 heavy (non-hydrogen) atoms. The maximum Gasteiger partial charge on any atom is 0.0300 e. The Morgan fingerprint density at radius 3 is 2.72 bits per heavy atom. The van der Waals surface area contributed by atoms with Gasteiger partial charge in [0.05, 0.1) is 0 Å². The molecule has 1 unspecified atom stereocenters. The molecule has 1 N–H and O–H groups in total. The molecule has 2 rings (SSSR count). The minimum atomic E-state index is 0.294. The summed E-state index contributed by atoms with van der Waals surface area (Å²) >= 11 is 4.11. The zero-order valence-electron chi connectivity index (χ0n) is 11.8. The van der Waals surface area contributed by atoms with E-state index in [9.17, 15) is 0 Å². The van der Waals surface area contributed by atoms with Crippen molar-refractivity contribution in [2.45, 2.75) is 57.2 Å². The molecule has 1 aliphatic heterocycles. The maximum atomic E-state index is 3.63. The summed E-state index contributed by atoms with van der Waals surface area (Å²) in [6.45, 7) is 9.07. The van der Waals surface area contributed by atoms with Crippen molar-refractivity contribution in [3.63, 3.8) is 0 Å². The van der Waals surface area contributed by atoms with E-state index in [1.54, 1.807) is 0 Å². The fourth-order valence-electron chi connectivity index (χ4n) is 2.20. The monoisotopic (exact) mass is 283 g/mol. The number of hydrogen-bond donors (Lipinski definition) is 1. The summed E-state index contributed by atoms with van der Waals surface area (Å²) in [4.78, 5) is 2.96. The van der Waals surface area contributed by atoms with Gasteiger partial charge in [-0.1, -0.05) is 27.2 Å². The number of thioether (sulfide) groups is 1. The Labute approximate surface area is 120 Å². The van der Waals surface area contributed by atoms with Crippen molar-refractivity contribution in [3.8, 4) is 0 Å². The van der Waals surface area contributed by atoms with E-state index in [0.29, 0.717) is 5.41 Å². The van der Waals surface area contributed by atoms with E-state index in [-0.39, 0.29) is 0 Å². The van der Waals surface area contributed by atoms with E-state index in [1.165, 1.54) is 41.3 Å². The zero-order chi connectivity index (χ0) is 13.0. The van der Waals surface area contributed by atoms with Gasteiger partial charge in [-0.05, 0) is 36.1 Å². The first-order valence-corrected chi connectivity index (χ1v) is 8.84. The van der Waals surface area contributed by atoms with Crippen LogP contribution in [0.5, 0.6) is 0 Å². The Morgan fingerprint density at radius 1 is 1.28 bits per heavy atom. The van der Waals surface area contributed by atoms with Crippen LogP contribution in [0, 0.1) is 0 Å². The van der Waals surface area contributed by atoms with Crippen molar-refractivity contribution < 1.29 is 0 Å². The predicted octanol–water partition coefficient (Wildman–Crippen LogP) is 4.42. The van der Waals surface area contributed by atoms with Crippen LogP contribution in [0.2, 0.25) is 0 Å². The highest BCUT2D eigenvalue weighted by Crippen LogP contribution is 2.29. The lowest BCUT2D eigenvalue weighted by Gasteiger charge is -2.21. The van der Waals surface area contributed by atoms with Gasteiger partial charge in [-0.2, -0.15) is 11.8 Å². The largest absolute Gasteiger partial charge is 0.311 e. The minimum absolute atomic E-state index is 0.294. The lowest BCUT2D eigenvalue weighted by atomic mass is 9.95. The lowest BCUT2D eigenvalue weighted by Crippen LogP contribution is -2.26. The van der Waals surface area contributed by atoms with Gasteiger partial charge < -0.3 is 5.32 Å². The number of nitrogens with one attached hydrogen (secondary N) is 1. The maximum absolute atomic E-state index is 3.63. The Balaban J connectivity index is 1.74. The molecule has 1 fully saturated rings. The molecule has 0 aliphatic carbocycles. The highest BCUT2D eigenvalue weighted by atomic mass is 32.2. The van der Waals surface area contributed by atoms with Crippen molar-refractivity contribution >= 4 is 23.1 Å². The zero-order valence-corrected chi connectivity index (χ0v) is 13.4. The third kappa shape index (κ3) is 4.29. The van der Waals surface area contributed by atoms with E-state index >= 15 is 0 Å². The Bertz CT molecular complexity index is 359. The Morgan fingerprint density at radius 2 is 2.11 bits per heavy atom. The third-order valence-electron chi connectivity index (χ3n) is 3.35. The first kappa shape index (κ1) is 14.4. The number of hydrogen-bond acceptors (Lipinski definition) is 3. The van der Waals surface area contributed by atoms with E-state index in [2.05, 4.69) is 50.0 Å². The molecular weight excluding hydrogens is 258 g/mol. The highest BCUT2D eigenvalue weighted by molar-refractivity contribution is 7.99. The molecule has 0 spiro atoms. The Kier molecular flexibility index (Phi) is 5.16. The molecule has 102 valence electrons. The van der Waals surface area contributed by atoms with E-state index in [0.717, 1.165) is 11.8 Å². The van der Waals surface area contributed by atoms with Crippen molar-refractivity contribution in [1.82, 2.24) is 5.32 Å². The average Bonchev–Trinajstić information content (AvgIpc) is 2.79. The fourth-order valence-corrected chi connectivity index (χ4v) is 4.51. The van der Waals surface area contributed by atoms with Crippen molar-refractivity contribution in [2.75, 3.05) is 12.3 Å². The quantitative estimate of drug-likeness (QED) is 0.878. The van der Waals surface area contributed by atoms with Gasteiger partial charge in [-0.25, -0.2) is 0 Å². The van der Waals surface area contributed by atoms with Crippen LogP contribution < -0.4 is 5.32 Å². The van der Waals surface area contributed by atoms with E-state index < -0.39 is 0 Å². The number of rotatable bonds is 4. The second-order valence-corrected chi connectivity index (χ2v) is 8.71. The molecule has 1 aliphatic rings. The van der Waals surface area contributed by atoms with E-state index in [4.69, 9.17) is 0 Å². The molecule has 0 aromatic carbocycles. The van der Waals surface area contributed by atoms with Crippen molar-refractivity contribution in [1.29, 1.82) is 0 Å². The standard InChI is InChI=1S/C15H25NS2/c1-15(2,3)14-8-7-13(18-14)11-16-10-12-6-4-5-9-17-12/h7-8,12,16H,4-6,9-11H2,1-3H3. The van der Waals surface area contributed by atoms with Crippen molar-refractivity contribution in [3.05, 3.63) is 21.9 Å². The van der Waals surface area contributed by atoms with Crippen LogP contribution in [-0.4, -0.2) is 17.5 Å². The summed E-state index contributed by atoms with van der Waals surface area (Å²) < 4.78 is 0. The second kappa shape index (κ2) is 6.44. The summed E-state index contributed by atoms with van der Waals surface area (Å²) in [6.07, 6.45) is 4.24. The molecule has 1 aromatic heterocycles. The van der Waals surface area contributed by atoms with Crippen LogP contribution in [0.3, 0.4) is 0 Å². The van der Waals surface area contributed by atoms with Gasteiger partial charge in [0.1, 0.15) is 0 Å². The summed E-state index contributed by atoms with van der Waals surface area (Å²) in [5.74, 6) is 1.36. The van der Waals surface area contributed by atoms with E-state index in [1.807, 2.05) is 11.3 Å². The van der Waals surface area contributed by atoms with Crippen LogP contribution in [0.25, 0.3) is 0 Å². The summed E-state index contributed by atoms with van der Waals surface area (Å²) in [7, 11) is 0. The van der Waals surface area contributed by atoms with Gasteiger partial charge in [-0.3, -0.25) is 0 Å². The molecule has 1 aromatic rings. The van der Waals surface area contributed by atoms with Gasteiger partial charge in [0.2, 0.25) is 0 Å². The molecule has 3 heteroatoms. The normalized spacial score (nSPS) is 21.2. The molecule has 1 atom stereocenters. The Hall–Kier alpha value is 0.01000. The SMILES string of the molecule is CC(C)(C)c1ccc(CNCC2CCCCS2)s1. The van der Waals surface area contributed by atoms with Crippen LogP contribution in [-0.2, 0) is 12.0 Å². The van der Waals surface area contributed by atoms with Gasteiger partial charge in [0, 0.05) is 28.1 Å². The molecule has 0 bridgehead atoms. The predicted molar refractivity (Wildman–Crippen MR) is 84.8 cm³/mol. The molecule has 0 saturated carbocycles. The highest BCUT2D eigenvalue weighted by Gasteiger charge is 2.16. The van der Waals surface area contributed by atoms with Crippen LogP contribution in [0.4, 0.5) is 0 Å². The lowest BCUT2D eigenvalue weighted by molar-refractivity contribution is 0.600. The van der Waals surface area contributed by atoms with Gasteiger partial charge in [0.25, 0.3) is 0 Å². The summed E-state index contributed by atoms with van der Waals surface area (Å²) in [6, 6.07) is 4.57. The number of thiophene rings is 1. The molecule has 2 heterocycles. The molecule has 1 saturated heterocycles. The minimum Gasteiger partial charge on any atom is -0.311 e. The van der Waals surface area contributed by atoms with Crippen molar-refractivity contribution in [2.24, 2.45) is 0 Å². The first-order chi connectivity index (χ1) is 8.55. The van der Waals surface area contributed by atoms with Gasteiger partial charge in [-0.15, -0.1) is 11.3 Å². The molecule has 1 nitrogen and oxygen atoms in total.